The maximum absolute atomic E-state index is 5.53. The Bertz CT molecular complexity index is 942. The Kier molecular flexibility index (Phi) is 7.59. The van der Waals surface area contributed by atoms with Gasteiger partial charge >= 0.3 is 0 Å². The van der Waals surface area contributed by atoms with E-state index in [0.29, 0.717) is 31.5 Å². The Hall–Kier alpha value is -3.16. The van der Waals surface area contributed by atoms with Crippen molar-refractivity contribution in [1.82, 2.24) is 30.6 Å². The number of benzene rings is 1. The van der Waals surface area contributed by atoms with E-state index >= 15 is 0 Å². The first kappa shape index (κ1) is 21.5. The molecule has 8 nitrogen and oxygen atoms in total. The quantitative estimate of drug-likeness (QED) is 0.415. The van der Waals surface area contributed by atoms with Gasteiger partial charge in [-0.1, -0.05) is 49.3 Å². The minimum absolute atomic E-state index is 0.436. The van der Waals surface area contributed by atoms with Crippen LogP contribution in [0.25, 0.3) is 0 Å². The molecule has 2 N–H and O–H groups in total. The lowest BCUT2D eigenvalue weighted by Gasteiger charge is -2.11. The maximum atomic E-state index is 5.53. The highest BCUT2D eigenvalue weighted by Crippen LogP contribution is 2.22. The second-order valence-corrected chi connectivity index (χ2v) is 7.31. The van der Waals surface area contributed by atoms with Crippen LogP contribution in [0.5, 0.6) is 0 Å². The normalized spacial score (nSPS) is 11.8. The average molecular weight is 410 g/mol. The van der Waals surface area contributed by atoms with Crippen LogP contribution in [0.4, 0.5) is 0 Å². The molecular weight excluding hydrogens is 378 g/mol. The Labute approximate surface area is 177 Å². The van der Waals surface area contributed by atoms with Crippen LogP contribution in [0.1, 0.15) is 61.3 Å². The first-order chi connectivity index (χ1) is 14.6. The summed E-state index contributed by atoms with van der Waals surface area (Å²) in [5, 5.41) is 19.2. The zero-order valence-corrected chi connectivity index (χ0v) is 18.2. The predicted molar refractivity (Wildman–Crippen MR) is 117 cm³/mol. The summed E-state index contributed by atoms with van der Waals surface area (Å²) >= 11 is 0. The molecule has 2 aromatic heterocycles. The molecule has 3 aromatic rings. The molecule has 0 atom stereocenters. The summed E-state index contributed by atoms with van der Waals surface area (Å²) in [6, 6.07) is 12.2. The van der Waals surface area contributed by atoms with E-state index in [0.717, 1.165) is 41.5 Å². The van der Waals surface area contributed by atoms with Crippen molar-refractivity contribution in [2.75, 3.05) is 0 Å². The second kappa shape index (κ2) is 10.6. The van der Waals surface area contributed by atoms with Crippen LogP contribution in [-0.2, 0) is 26.7 Å². The van der Waals surface area contributed by atoms with E-state index in [-0.39, 0.29) is 0 Å². The summed E-state index contributed by atoms with van der Waals surface area (Å²) in [5.74, 6) is 3.63. The molecule has 0 radical (unpaired) electrons. The SMILES string of the molecule is CCC(CC)c1cc(CNC(=NCc2ccccc2)NCc2nnc(C)n2C)on1. The highest BCUT2D eigenvalue weighted by Gasteiger charge is 2.13. The predicted octanol–water partition coefficient (Wildman–Crippen LogP) is 3.45. The third-order valence-corrected chi connectivity index (χ3v) is 5.27. The number of guanidine groups is 1. The standard InChI is InChI=1S/C22H31N7O/c1-5-18(6-2)20-12-19(30-28-20)14-24-22(23-13-17-10-8-7-9-11-17)25-15-21-27-26-16(3)29(21)4/h7-12,18H,5-6,13-15H2,1-4H3,(H2,23,24,25). The molecule has 30 heavy (non-hydrogen) atoms. The second-order valence-electron chi connectivity index (χ2n) is 7.31. The topological polar surface area (TPSA) is 93.2 Å². The molecule has 3 rings (SSSR count). The van der Waals surface area contributed by atoms with Gasteiger partial charge in [0, 0.05) is 19.0 Å². The van der Waals surface area contributed by atoms with Gasteiger partial charge in [-0.25, -0.2) is 4.99 Å². The number of aliphatic imine (C=N–C) groups is 1. The minimum atomic E-state index is 0.436. The zero-order chi connectivity index (χ0) is 21.3. The highest BCUT2D eigenvalue weighted by atomic mass is 16.5. The first-order valence-corrected chi connectivity index (χ1v) is 10.5. The van der Waals surface area contributed by atoms with Crippen molar-refractivity contribution < 1.29 is 4.52 Å². The molecule has 1 aromatic carbocycles. The van der Waals surface area contributed by atoms with Crippen LogP contribution in [-0.4, -0.2) is 25.9 Å². The number of rotatable bonds is 9. The average Bonchev–Trinajstić information content (AvgIpc) is 3.36. The Morgan fingerprint density at radius 3 is 2.50 bits per heavy atom. The molecule has 0 aliphatic rings. The number of hydrogen-bond donors (Lipinski definition) is 2. The van der Waals surface area contributed by atoms with Gasteiger partial charge in [-0.15, -0.1) is 10.2 Å². The van der Waals surface area contributed by atoms with Crippen molar-refractivity contribution in [3.8, 4) is 0 Å². The largest absolute Gasteiger partial charge is 0.359 e. The van der Waals surface area contributed by atoms with Gasteiger partial charge in [-0.05, 0) is 25.3 Å². The molecular formula is C22H31N7O. The van der Waals surface area contributed by atoms with Gasteiger partial charge in [0.25, 0.3) is 0 Å². The van der Waals surface area contributed by atoms with E-state index < -0.39 is 0 Å². The molecule has 0 amide bonds. The summed E-state index contributed by atoms with van der Waals surface area (Å²) in [4.78, 5) is 4.71. The third-order valence-electron chi connectivity index (χ3n) is 5.27. The zero-order valence-electron chi connectivity index (χ0n) is 18.2. The smallest absolute Gasteiger partial charge is 0.192 e. The molecule has 2 heterocycles. The summed E-state index contributed by atoms with van der Waals surface area (Å²) in [5.41, 5.74) is 2.16. The lowest BCUT2D eigenvalue weighted by Crippen LogP contribution is -2.37. The lowest BCUT2D eigenvalue weighted by molar-refractivity contribution is 0.368. The van der Waals surface area contributed by atoms with E-state index in [9.17, 15) is 0 Å². The van der Waals surface area contributed by atoms with Crippen LogP contribution in [0, 0.1) is 6.92 Å². The number of nitrogens with one attached hydrogen (secondary N) is 2. The lowest BCUT2D eigenvalue weighted by atomic mass is 9.99. The minimum Gasteiger partial charge on any atom is -0.359 e. The molecule has 0 saturated carbocycles. The fourth-order valence-corrected chi connectivity index (χ4v) is 3.18. The fourth-order valence-electron chi connectivity index (χ4n) is 3.18. The summed E-state index contributed by atoms with van der Waals surface area (Å²) in [6.45, 7) is 7.88. The first-order valence-electron chi connectivity index (χ1n) is 10.5. The molecule has 0 spiro atoms. The van der Waals surface area contributed by atoms with Crippen molar-refractivity contribution in [2.45, 2.75) is 59.2 Å². The van der Waals surface area contributed by atoms with Crippen molar-refractivity contribution in [3.05, 3.63) is 65.1 Å². The number of aryl methyl sites for hydroxylation is 1. The van der Waals surface area contributed by atoms with Crippen LogP contribution < -0.4 is 10.6 Å². The van der Waals surface area contributed by atoms with Crippen molar-refractivity contribution >= 4 is 5.96 Å². The monoisotopic (exact) mass is 409 g/mol. The number of aromatic nitrogens is 4. The Morgan fingerprint density at radius 2 is 1.83 bits per heavy atom. The van der Waals surface area contributed by atoms with Crippen LogP contribution in [0.15, 0.2) is 45.9 Å². The Balaban J connectivity index is 1.66. The van der Waals surface area contributed by atoms with Gasteiger partial charge in [0.15, 0.2) is 17.5 Å². The van der Waals surface area contributed by atoms with Crippen molar-refractivity contribution in [3.63, 3.8) is 0 Å². The van der Waals surface area contributed by atoms with Crippen LogP contribution in [0.2, 0.25) is 0 Å². The summed E-state index contributed by atoms with van der Waals surface area (Å²) in [7, 11) is 1.95. The van der Waals surface area contributed by atoms with E-state index in [2.05, 4.69) is 52.0 Å². The van der Waals surface area contributed by atoms with E-state index in [1.807, 2.05) is 42.8 Å². The highest BCUT2D eigenvalue weighted by molar-refractivity contribution is 5.79. The van der Waals surface area contributed by atoms with E-state index in [1.165, 1.54) is 0 Å². The van der Waals surface area contributed by atoms with E-state index in [1.54, 1.807) is 0 Å². The van der Waals surface area contributed by atoms with Gasteiger partial charge < -0.3 is 19.7 Å². The van der Waals surface area contributed by atoms with Gasteiger partial charge in [-0.3, -0.25) is 0 Å². The number of nitrogens with zero attached hydrogens (tertiary/aromatic N) is 5. The van der Waals surface area contributed by atoms with E-state index in [4.69, 9.17) is 9.52 Å². The molecule has 0 aliphatic heterocycles. The van der Waals surface area contributed by atoms with Crippen molar-refractivity contribution in [2.24, 2.45) is 12.0 Å². The fraction of sp³-hybridized carbons (Fsp3) is 0.455. The van der Waals surface area contributed by atoms with Crippen LogP contribution >= 0.6 is 0 Å². The molecule has 0 fully saturated rings. The number of hydrogen-bond acceptors (Lipinski definition) is 5. The van der Waals surface area contributed by atoms with Gasteiger partial charge in [0.05, 0.1) is 25.3 Å². The molecule has 0 bridgehead atoms. The molecule has 0 unspecified atom stereocenters. The van der Waals surface area contributed by atoms with Gasteiger partial charge in [0.1, 0.15) is 5.82 Å². The molecule has 8 heteroatoms. The molecule has 160 valence electrons. The summed E-state index contributed by atoms with van der Waals surface area (Å²) < 4.78 is 7.48. The summed E-state index contributed by atoms with van der Waals surface area (Å²) in [6.07, 6.45) is 2.11. The van der Waals surface area contributed by atoms with Crippen LogP contribution in [0.3, 0.4) is 0 Å². The maximum Gasteiger partial charge on any atom is 0.192 e. The third kappa shape index (κ3) is 5.68. The molecule has 0 aliphatic carbocycles. The van der Waals surface area contributed by atoms with Crippen molar-refractivity contribution in [1.29, 1.82) is 0 Å². The Morgan fingerprint density at radius 1 is 1.10 bits per heavy atom. The van der Waals surface area contributed by atoms with Gasteiger partial charge in [0.2, 0.25) is 0 Å². The molecule has 0 saturated heterocycles. The van der Waals surface area contributed by atoms with Gasteiger partial charge in [-0.2, -0.15) is 0 Å².